The first kappa shape index (κ1) is 11.1. The van der Waals surface area contributed by atoms with E-state index in [0.717, 1.165) is 4.60 Å². The molecule has 2 rings (SSSR count). The van der Waals surface area contributed by atoms with E-state index in [4.69, 9.17) is 17.3 Å². The molecule has 0 atom stereocenters. The number of nitrogens with two attached hydrogens (primary N) is 1. The van der Waals surface area contributed by atoms with Gasteiger partial charge in [0.05, 0.1) is 6.20 Å². The van der Waals surface area contributed by atoms with E-state index in [1.807, 2.05) is 12.1 Å². The van der Waals surface area contributed by atoms with Crippen molar-refractivity contribution in [3.63, 3.8) is 0 Å². The average Bonchev–Trinajstić information content (AvgIpc) is 2.24. The maximum atomic E-state index is 5.90. The molecule has 7 heteroatoms. The maximum absolute atomic E-state index is 5.90. The van der Waals surface area contributed by atoms with Crippen molar-refractivity contribution in [2.75, 3.05) is 11.1 Å². The van der Waals surface area contributed by atoms with Crippen LogP contribution >= 0.6 is 27.5 Å². The van der Waals surface area contributed by atoms with Gasteiger partial charge < -0.3 is 11.1 Å². The molecule has 0 saturated carbocycles. The summed E-state index contributed by atoms with van der Waals surface area (Å²) < 4.78 is 0.718. The number of nitrogens with one attached hydrogen (secondary N) is 1. The molecule has 0 amide bonds. The van der Waals surface area contributed by atoms with Crippen LogP contribution < -0.4 is 11.1 Å². The number of aromatic nitrogens is 3. The van der Waals surface area contributed by atoms with Gasteiger partial charge in [-0.15, -0.1) is 0 Å². The molecule has 5 nitrogen and oxygen atoms in total. The Balaban J connectivity index is 2.30. The Morgan fingerprint density at radius 3 is 2.88 bits per heavy atom. The van der Waals surface area contributed by atoms with Crippen molar-refractivity contribution >= 4 is 45.1 Å². The van der Waals surface area contributed by atoms with Gasteiger partial charge in [0.1, 0.15) is 15.4 Å². The van der Waals surface area contributed by atoms with Gasteiger partial charge in [-0.3, -0.25) is 0 Å². The van der Waals surface area contributed by atoms with Gasteiger partial charge in [0.2, 0.25) is 5.95 Å². The molecule has 0 saturated heterocycles. The Kier molecular flexibility index (Phi) is 3.21. The quantitative estimate of drug-likeness (QED) is 0.834. The Morgan fingerprint density at radius 1 is 1.31 bits per heavy atom. The highest BCUT2D eigenvalue weighted by molar-refractivity contribution is 9.10. The van der Waals surface area contributed by atoms with Crippen molar-refractivity contribution in [2.24, 2.45) is 0 Å². The number of halogens is 2. The standard InChI is InChI=1S/C9H7BrClN5/c10-6-2-1-3-7(14-6)15-8-5(11)4-13-9(12)16-8/h1-4H,(H3,12,13,14,15,16). The van der Waals surface area contributed by atoms with E-state index < -0.39 is 0 Å². The maximum Gasteiger partial charge on any atom is 0.222 e. The van der Waals surface area contributed by atoms with Crippen LogP contribution in [0.2, 0.25) is 5.02 Å². The molecule has 2 aromatic rings. The summed E-state index contributed by atoms with van der Waals surface area (Å²) in [4.78, 5) is 11.9. The number of hydrogen-bond acceptors (Lipinski definition) is 5. The Hall–Kier alpha value is -1.40. The third-order valence-corrected chi connectivity index (χ3v) is 2.44. The second-order valence-corrected chi connectivity index (χ2v) is 4.11. The zero-order valence-electron chi connectivity index (χ0n) is 7.98. The first-order valence-electron chi connectivity index (χ1n) is 4.33. The van der Waals surface area contributed by atoms with Crippen molar-refractivity contribution < 1.29 is 0 Å². The number of nitrogens with zero attached hydrogens (tertiary/aromatic N) is 3. The molecule has 0 unspecified atom stereocenters. The minimum atomic E-state index is 0.155. The number of pyridine rings is 1. The average molecular weight is 301 g/mol. The Morgan fingerprint density at radius 2 is 2.12 bits per heavy atom. The van der Waals surface area contributed by atoms with Crippen LogP contribution in [0.4, 0.5) is 17.6 Å². The lowest BCUT2D eigenvalue weighted by molar-refractivity contribution is 1.17. The lowest BCUT2D eigenvalue weighted by Gasteiger charge is -2.06. The van der Waals surface area contributed by atoms with Crippen molar-refractivity contribution in [3.8, 4) is 0 Å². The van der Waals surface area contributed by atoms with Crippen molar-refractivity contribution in [1.29, 1.82) is 0 Å². The Labute approximate surface area is 105 Å². The van der Waals surface area contributed by atoms with Gasteiger partial charge in [-0.2, -0.15) is 4.98 Å². The van der Waals surface area contributed by atoms with E-state index in [-0.39, 0.29) is 5.95 Å². The van der Waals surface area contributed by atoms with E-state index in [1.54, 1.807) is 6.07 Å². The third-order valence-electron chi connectivity index (χ3n) is 1.72. The molecular weight excluding hydrogens is 293 g/mol. The summed E-state index contributed by atoms with van der Waals surface area (Å²) in [5.74, 6) is 1.20. The summed E-state index contributed by atoms with van der Waals surface area (Å²) in [7, 11) is 0. The molecule has 0 aliphatic heterocycles. The zero-order valence-corrected chi connectivity index (χ0v) is 10.3. The summed E-state index contributed by atoms with van der Waals surface area (Å²) in [6.45, 7) is 0. The minimum Gasteiger partial charge on any atom is -0.368 e. The summed E-state index contributed by atoms with van der Waals surface area (Å²) in [6.07, 6.45) is 1.43. The third kappa shape index (κ3) is 2.59. The van der Waals surface area contributed by atoms with Gasteiger partial charge >= 0.3 is 0 Å². The van der Waals surface area contributed by atoms with Crippen LogP contribution in [0, 0.1) is 0 Å². The lowest BCUT2D eigenvalue weighted by atomic mass is 10.4. The predicted octanol–water partition coefficient (Wildman–Crippen LogP) is 2.61. The van der Waals surface area contributed by atoms with Crippen LogP contribution in [0.1, 0.15) is 0 Å². The highest BCUT2D eigenvalue weighted by Crippen LogP contribution is 2.22. The SMILES string of the molecule is Nc1ncc(Cl)c(Nc2cccc(Br)n2)n1. The molecule has 0 fully saturated rings. The van der Waals surface area contributed by atoms with Gasteiger partial charge in [0.25, 0.3) is 0 Å². The molecule has 0 aliphatic carbocycles. The fourth-order valence-corrected chi connectivity index (χ4v) is 1.55. The first-order chi connectivity index (χ1) is 7.65. The van der Waals surface area contributed by atoms with Crippen molar-refractivity contribution in [1.82, 2.24) is 15.0 Å². The lowest BCUT2D eigenvalue weighted by Crippen LogP contribution is -2.01. The topological polar surface area (TPSA) is 76.7 Å². The van der Waals surface area contributed by atoms with Gasteiger partial charge in [0.15, 0.2) is 5.82 Å². The molecular formula is C9H7BrClN5. The van der Waals surface area contributed by atoms with Crippen LogP contribution in [0.25, 0.3) is 0 Å². The molecule has 16 heavy (non-hydrogen) atoms. The molecule has 82 valence electrons. The number of hydrogen-bond donors (Lipinski definition) is 2. The van der Waals surface area contributed by atoms with E-state index >= 15 is 0 Å². The molecule has 2 aromatic heterocycles. The summed E-state index contributed by atoms with van der Waals surface area (Å²) >= 11 is 9.17. The normalized spacial score (nSPS) is 10.1. The predicted molar refractivity (Wildman–Crippen MR) is 66.7 cm³/mol. The number of rotatable bonds is 2. The zero-order chi connectivity index (χ0) is 11.5. The monoisotopic (exact) mass is 299 g/mol. The van der Waals surface area contributed by atoms with Gasteiger partial charge in [0, 0.05) is 0 Å². The summed E-state index contributed by atoms with van der Waals surface area (Å²) in [5.41, 5.74) is 5.46. The van der Waals surface area contributed by atoms with Crippen LogP contribution in [0.5, 0.6) is 0 Å². The largest absolute Gasteiger partial charge is 0.368 e. The molecule has 2 heterocycles. The smallest absolute Gasteiger partial charge is 0.222 e. The second-order valence-electron chi connectivity index (χ2n) is 2.90. The van der Waals surface area contributed by atoms with Crippen molar-refractivity contribution in [2.45, 2.75) is 0 Å². The number of nitrogen functional groups attached to an aromatic ring is 1. The molecule has 0 spiro atoms. The second kappa shape index (κ2) is 4.63. The van der Waals surface area contributed by atoms with Crippen LogP contribution in [0.15, 0.2) is 29.0 Å². The van der Waals surface area contributed by atoms with Crippen LogP contribution in [-0.2, 0) is 0 Å². The van der Waals surface area contributed by atoms with Crippen molar-refractivity contribution in [3.05, 3.63) is 34.0 Å². The van der Waals surface area contributed by atoms with E-state index in [2.05, 4.69) is 36.2 Å². The van der Waals surface area contributed by atoms with Gasteiger partial charge in [-0.05, 0) is 28.1 Å². The summed E-state index contributed by atoms with van der Waals surface area (Å²) in [6, 6.07) is 5.46. The fraction of sp³-hybridized carbons (Fsp3) is 0. The van der Waals surface area contributed by atoms with E-state index in [0.29, 0.717) is 16.7 Å². The Bertz CT molecular complexity index is 519. The highest BCUT2D eigenvalue weighted by atomic mass is 79.9. The molecule has 0 bridgehead atoms. The van der Waals surface area contributed by atoms with Gasteiger partial charge in [-0.25, -0.2) is 9.97 Å². The van der Waals surface area contributed by atoms with E-state index in [1.165, 1.54) is 6.20 Å². The molecule has 0 aromatic carbocycles. The molecule has 0 radical (unpaired) electrons. The molecule has 3 N–H and O–H groups in total. The molecule has 0 aliphatic rings. The minimum absolute atomic E-state index is 0.155. The first-order valence-corrected chi connectivity index (χ1v) is 5.50. The summed E-state index contributed by atoms with van der Waals surface area (Å²) in [5, 5.41) is 3.33. The fourth-order valence-electron chi connectivity index (χ4n) is 1.07. The van der Waals surface area contributed by atoms with Gasteiger partial charge in [-0.1, -0.05) is 17.7 Å². The number of anilines is 3. The van der Waals surface area contributed by atoms with Crippen LogP contribution in [-0.4, -0.2) is 15.0 Å². The highest BCUT2D eigenvalue weighted by Gasteiger charge is 2.04. The van der Waals surface area contributed by atoms with Crippen LogP contribution in [0.3, 0.4) is 0 Å². The van der Waals surface area contributed by atoms with E-state index in [9.17, 15) is 0 Å².